The first-order chi connectivity index (χ1) is 13.4. The molecule has 0 aliphatic carbocycles. The van der Waals surface area contributed by atoms with Crippen LogP contribution in [-0.2, 0) is 9.53 Å². The Bertz CT molecular complexity index is 1050. The summed E-state index contributed by atoms with van der Waals surface area (Å²) in [4.78, 5) is 25.0. The summed E-state index contributed by atoms with van der Waals surface area (Å²) in [7, 11) is 1.57. The largest absolute Gasteiger partial charge is 0.497 e. The lowest BCUT2D eigenvalue weighted by atomic mass is 10.1. The molecule has 0 unspecified atom stereocenters. The number of esters is 1. The summed E-state index contributed by atoms with van der Waals surface area (Å²) in [6.45, 7) is 4.99. The van der Waals surface area contributed by atoms with Gasteiger partial charge in [0.05, 0.1) is 18.6 Å². The van der Waals surface area contributed by atoms with Crippen molar-refractivity contribution < 1.29 is 23.4 Å². The van der Waals surface area contributed by atoms with Crippen LogP contribution in [0.2, 0.25) is 0 Å². The van der Waals surface area contributed by atoms with Crippen molar-refractivity contribution in [2.24, 2.45) is 0 Å². The van der Waals surface area contributed by atoms with Crippen LogP contribution in [-0.4, -0.2) is 25.8 Å². The zero-order valence-electron chi connectivity index (χ0n) is 16.3. The van der Waals surface area contributed by atoms with Crippen LogP contribution in [0.15, 0.2) is 51.7 Å². The molecule has 0 spiro atoms. The standard InChI is InChI=1S/C22H22O6/c1-13(2)27-19(23)12-26-22-20(24)17-11-14(3)5-10-18(17)28-21(22)15-6-8-16(25-4)9-7-15/h5-11,13H,12H2,1-4H3. The van der Waals surface area contributed by atoms with E-state index in [2.05, 4.69) is 0 Å². The maximum atomic E-state index is 13.1. The van der Waals surface area contributed by atoms with E-state index >= 15 is 0 Å². The summed E-state index contributed by atoms with van der Waals surface area (Å²) in [5.74, 6) is 0.343. The van der Waals surface area contributed by atoms with E-state index in [1.54, 1.807) is 57.4 Å². The Hall–Kier alpha value is -3.28. The molecule has 0 atom stereocenters. The third kappa shape index (κ3) is 4.17. The van der Waals surface area contributed by atoms with Gasteiger partial charge in [-0.15, -0.1) is 0 Å². The second-order valence-electron chi connectivity index (χ2n) is 6.64. The van der Waals surface area contributed by atoms with Gasteiger partial charge in [0.15, 0.2) is 12.4 Å². The first-order valence-corrected chi connectivity index (χ1v) is 8.93. The van der Waals surface area contributed by atoms with E-state index in [1.807, 2.05) is 13.0 Å². The number of methoxy groups -OCH3 is 1. The average molecular weight is 382 g/mol. The molecule has 6 nitrogen and oxygen atoms in total. The van der Waals surface area contributed by atoms with Crippen molar-refractivity contribution in [3.05, 3.63) is 58.3 Å². The number of aryl methyl sites for hydroxylation is 1. The van der Waals surface area contributed by atoms with Crippen molar-refractivity contribution in [2.45, 2.75) is 26.9 Å². The SMILES string of the molecule is COc1ccc(-c2oc3ccc(C)cc3c(=O)c2OCC(=O)OC(C)C)cc1. The van der Waals surface area contributed by atoms with Crippen LogP contribution in [0.4, 0.5) is 0 Å². The fraction of sp³-hybridized carbons (Fsp3) is 0.273. The number of hydrogen-bond acceptors (Lipinski definition) is 6. The number of carbonyl (C=O) groups excluding carboxylic acids is 1. The molecule has 0 aliphatic heterocycles. The van der Waals surface area contributed by atoms with Crippen LogP contribution in [0.3, 0.4) is 0 Å². The van der Waals surface area contributed by atoms with E-state index < -0.39 is 5.97 Å². The van der Waals surface area contributed by atoms with Crippen LogP contribution in [0.5, 0.6) is 11.5 Å². The van der Waals surface area contributed by atoms with E-state index in [1.165, 1.54) is 0 Å². The first-order valence-electron chi connectivity index (χ1n) is 8.93. The van der Waals surface area contributed by atoms with Gasteiger partial charge in [-0.1, -0.05) is 11.6 Å². The maximum absolute atomic E-state index is 13.1. The van der Waals surface area contributed by atoms with Crippen molar-refractivity contribution in [1.82, 2.24) is 0 Å². The quantitative estimate of drug-likeness (QED) is 0.597. The van der Waals surface area contributed by atoms with Gasteiger partial charge in [0.2, 0.25) is 11.2 Å². The lowest BCUT2D eigenvalue weighted by Crippen LogP contribution is -2.21. The van der Waals surface area contributed by atoms with E-state index in [9.17, 15) is 9.59 Å². The van der Waals surface area contributed by atoms with Crippen molar-refractivity contribution in [3.63, 3.8) is 0 Å². The van der Waals surface area contributed by atoms with Crippen LogP contribution in [0, 0.1) is 6.92 Å². The number of benzene rings is 2. The third-order valence-corrected chi connectivity index (χ3v) is 4.06. The molecule has 146 valence electrons. The molecular formula is C22H22O6. The van der Waals surface area contributed by atoms with Crippen LogP contribution < -0.4 is 14.9 Å². The zero-order chi connectivity index (χ0) is 20.3. The van der Waals surface area contributed by atoms with E-state index in [0.29, 0.717) is 22.3 Å². The fourth-order valence-electron chi connectivity index (χ4n) is 2.78. The topological polar surface area (TPSA) is 75.0 Å². The highest BCUT2D eigenvalue weighted by atomic mass is 16.6. The summed E-state index contributed by atoms with van der Waals surface area (Å²) in [5.41, 5.74) is 1.65. The van der Waals surface area contributed by atoms with Crippen LogP contribution in [0.1, 0.15) is 19.4 Å². The van der Waals surface area contributed by atoms with Crippen molar-refractivity contribution in [2.75, 3.05) is 13.7 Å². The maximum Gasteiger partial charge on any atom is 0.344 e. The van der Waals surface area contributed by atoms with Crippen molar-refractivity contribution in [1.29, 1.82) is 0 Å². The Labute approximate surface area is 162 Å². The summed E-state index contributed by atoms with van der Waals surface area (Å²) in [6.07, 6.45) is -0.271. The van der Waals surface area contributed by atoms with Crippen LogP contribution >= 0.6 is 0 Å². The summed E-state index contributed by atoms with van der Waals surface area (Å²) < 4.78 is 21.8. The predicted octanol–water partition coefficient (Wildman–Crippen LogP) is 4.11. The summed E-state index contributed by atoms with van der Waals surface area (Å²) in [6, 6.07) is 12.4. The van der Waals surface area contributed by atoms with Crippen molar-refractivity contribution >= 4 is 16.9 Å². The molecule has 0 radical (unpaired) electrons. The molecule has 2 aromatic carbocycles. The fourth-order valence-corrected chi connectivity index (χ4v) is 2.78. The van der Waals surface area contributed by atoms with Gasteiger partial charge in [-0.2, -0.15) is 0 Å². The molecule has 0 N–H and O–H groups in total. The van der Waals surface area contributed by atoms with Gasteiger partial charge in [0.1, 0.15) is 11.3 Å². The number of hydrogen-bond donors (Lipinski definition) is 0. The summed E-state index contributed by atoms with van der Waals surface area (Å²) in [5, 5.41) is 0.393. The molecule has 0 fully saturated rings. The second kappa shape index (κ2) is 8.17. The normalized spacial score (nSPS) is 10.9. The minimum Gasteiger partial charge on any atom is -0.497 e. The highest BCUT2D eigenvalue weighted by molar-refractivity contribution is 5.83. The first kappa shape index (κ1) is 19.5. The molecule has 1 aromatic heterocycles. The molecule has 0 aliphatic rings. The number of rotatable bonds is 6. The van der Waals surface area contributed by atoms with Gasteiger partial charge < -0.3 is 18.6 Å². The lowest BCUT2D eigenvalue weighted by Gasteiger charge is -2.13. The summed E-state index contributed by atoms with van der Waals surface area (Å²) >= 11 is 0. The van der Waals surface area contributed by atoms with Gasteiger partial charge in [-0.05, 0) is 57.2 Å². The molecule has 0 saturated heterocycles. The molecule has 3 aromatic rings. The van der Waals surface area contributed by atoms with Gasteiger partial charge >= 0.3 is 5.97 Å². The van der Waals surface area contributed by atoms with Gasteiger partial charge in [-0.25, -0.2) is 4.79 Å². The minimum atomic E-state index is -0.556. The van der Waals surface area contributed by atoms with Gasteiger partial charge in [-0.3, -0.25) is 4.79 Å². The Morgan fingerprint density at radius 1 is 1.11 bits per heavy atom. The molecule has 0 amide bonds. The highest BCUT2D eigenvalue weighted by Gasteiger charge is 2.19. The van der Waals surface area contributed by atoms with Gasteiger partial charge in [0, 0.05) is 5.56 Å². The second-order valence-corrected chi connectivity index (χ2v) is 6.64. The Kier molecular flexibility index (Phi) is 5.68. The number of ether oxygens (including phenoxy) is 3. The Morgan fingerprint density at radius 3 is 2.46 bits per heavy atom. The molecule has 6 heteroatoms. The van der Waals surface area contributed by atoms with E-state index in [0.717, 1.165) is 5.56 Å². The minimum absolute atomic E-state index is 0.0241. The number of fused-ring (bicyclic) bond motifs is 1. The Morgan fingerprint density at radius 2 is 1.82 bits per heavy atom. The molecule has 0 saturated carbocycles. The van der Waals surface area contributed by atoms with E-state index in [4.69, 9.17) is 18.6 Å². The van der Waals surface area contributed by atoms with Crippen molar-refractivity contribution in [3.8, 4) is 22.8 Å². The van der Waals surface area contributed by atoms with E-state index in [-0.39, 0.29) is 29.6 Å². The number of carbonyl (C=O) groups is 1. The molecular weight excluding hydrogens is 360 g/mol. The lowest BCUT2D eigenvalue weighted by molar-refractivity contribution is -0.149. The molecule has 28 heavy (non-hydrogen) atoms. The van der Waals surface area contributed by atoms with Gasteiger partial charge in [0.25, 0.3) is 0 Å². The molecule has 3 rings (SSSR count). The predicted molar refractivity (Wildman–Crippen MR) is 106 cm³/mol. The monoisotopic (exact) mass is 382 g/mol. The Balaban J connectivity index is 2.09. The van der Waals surface area contributed by atoms with Crippen LogP contribution in [0.25, 0.3) is 22.3 Å². The molecule has 0 bridgehead atoms. The average Bonchev–Trinajstić information content (AvgIpc) is 2.67. The third-order valence-electron chi connectivity index (χ3n) is 4.06. The highest BCUT2D eigenvalue weighted by Crippen LogP contribution is 2.32. The molecule has 1 heterocycles. The zero-order valence-corrected chi connectivity index (χ0v) is 16.3. The smallest absolute Gasteiger partial charge is 0.344 e.